The van der Waals surface area contributed by atoms with Gasteiger partial charge in [-0.3, -0.25) is 10.1 Å². The number of benzene rings is 1. The molecule has 19 heavy (non-hydrogen) atoms. The number of hydrogen-bond acceptors (Lipinski definition) is 6. The Morgan fingerprint density at radius 1 is 1.58 bits per heavy atom. The van der Waals surface area contributed by atoms with Crippen LogP contribution < -0.4 is 5.32 Å². The van der Waals surface area contributed by atoms with Crippen LogP contribution in [0.3, 0.4) is 0 Å². The molecule has 1 aromatic carbocycles. The molecule has 0 saturated carbocycles. The maximum Gasteiger partial charge on any atom is 0.293 e. The Morgan fingerprint density at radius 3 is 2.95 bits per heavy atom. The van der Waals surface area contributed by atoms with E-state index in [1.54, 1.807) is 18.3 Å². The largest absolute Gasteiger partial charge is 0.375 e. The molecule has 5 nitrogen and oxygen atoms in total. The highest BCUT2D eigenvalue weighted by molar-refractivity contribution is 7.98. The summed E-state index contributed by atoms with van der Waals surface area (Å²) in [6.45, 7) is 0.462. The topological polar surface area (TPSA) is 68.1 Å². The van der Waals surface area contributed by atoms with Crippen molar-refractivity contribution >= 4 is 46.1 Å². The van der Waals surface area contributed by atoms with E-state index >= 15 is 0 Å². The number of thioether (sulfide) groups is 1. The molecule has 100 valence electrons. The molecule has 0 atom stereocenters. The summed E-state index contributed by atoms with van der Waals surface area (Å²) in [5.74, 6) is 0. The predicted molar refractivity (Wildman–Crippen MR) is 79.3 cm³/mol. The Morgan fingerprint density at radius 2 is 2.37 bits per heavy atom. The zero-order valence-electron chi connectivity index (χ0n) is 9.92. The second-order valence-electron chi connectivity index (χ2n) is 3.57. The zero-order valence-corrected chi connectivity index (χ0v) is 12.3. The van der Waals surface area contributed by atoms with E-state index < -0.39 is 0 Å². The van der Waals surface area contributed by atoms with E-state index in [4.69, 9.17) is 11.6 Å². The first-order valence-corrected chi connectivity index (χ1v) is 7.68. The van der Waals surface area contributed by atoms with E-state index in [0.717, 1.165) is 9.77 Å². The summed E-state index contributed by atoms with van der Waals surface area (Å²) in [5, 5.41) is 14.1. The molecule has 0 aliphatic heterocycles. The van der Waals surface area contributed by atoms with E-state index in [9.17, 15) is 10.1 Å². The summed E-state index contributed by atoms with van der Waals surface area (Å²) in [4.78, 5) is 16.3. The number of rotatable bonds is 5. The smallest absolute Gasteiger partial charge is 0.293 e. The molecule has 8 heteroatoms. The lowest BCUT2D eigenvalue weighted by atomic mass is 10.2. The van der Waals surface area contributed by atoms with E-state index in [1.165, 1.54) is 23.1 Å². The first-order valence-electron chi connectivity index (χ1n) is 5.26. The van der Waals surface area contributed by atoms with Crippen molar-refractivity contribution in [3.8, 4) is 0 Å². The van der Waals surface area contributed by atoms with Crippen molar-refractivity contribution in [2.75, 3.05) is 11.6 Å². The van der Waals surface area contributed by atoms with Gasteiger partial charge in [-0.15, -0.1) is 23.1 Å². The molecule has 0 bridgehead atoms. The first kappa shape index (κ1) is 14.1. The number of nitrogens with one attached hydrogen (secondary N) is 1. The molecule has 2 aromatic rings. The Balaban J connectivity index is 2.17. The second kappa shape index (κ2) is 6.23. The predicted octanol–water partition coefficient (Wildman–Crippen LogP) is 4.04. The van der Waals surface area contributed by atoms with Crippen LogP contribution in [0.15, 0.2) is 29.3 Å². The van der Waals surface area contributed by atoms with Crippen LogP contribution in [0.5, 0.6) is 0 Å². The molecule has 0 aliphatic rings. The van der Waals surface area contributed by atoms with Crippen LogP contribution in [0, 0.1) is 10.1 Å². The van der Waals surface area contributed by atoms with Gasteiger partial charge in [-0.25, -0.2) is 4.98 Å². The third kappa shape index (κ3) is 3.59. The van der Waals surface area contributed by atoms with Crippen molar-refractivity contribution < 1.29 is 4.92 Å². The number of nitro benzene ring substituents is 1. The number of thiazole rings is 1. The maximum absolute atomic E-state index is 11.0. The third-order valence-corrected chi connectivity index (χ3v) is 4.22. The second-order valence-corrected chi connectivity index (χ2v) is 6.15. The lowest BCUT2D eigenvalue weighted by Gasteiger charge is -2.06. The van der Waals surface area contributed by atoms with Crippen molar-refractivity contribution in [1.29, 1.82) is 0 Å². The summed E-state index contributed by atoms with van der Waals surface area (Å²) in [6.07, 6.45) is 3.54. The quantitative estimate of drug-likeness (QED) is 0.512. The van der Waals surface area contributed by atoms with E-state index in [0.29, 0.717) is 16.7 Å². The molecule has 0 amide bonds. The van der Waals surface area contributed by atoms with Crippen molar-refractivity contribution in [3.63, 3.8) is 0 Å². The standard InChI is InChI=1S/C11H10ClN3O2S2/c1-18-7-2-3-9(10(4-7)15(16)17)13-5-8-6-14-11(12)19-8/h2-4,6,13H,5H2,1H3. The molecule has 1 heterocycles. The highest BCUT2D eigenvalue weighted by atomic mass is 35.5. The van der Waals surface area contributed by atoms with Crippen LogP contribution in [-0.2, 0) is 6.54 Å². The summed E-state index contributed by atoms with van der Waals surface area (Å²) in [5.41, 5.74) is 0.565. The number of halogens is 1. The van der Waals surface area contributed by atoms with Crippen LogP contribution in [0.25, 0.3) is 0 Å². The minimum atomic E-state index is -0.387. The van der Waals surface area contributed by atoms with E-state index in [-0.39, 0.29) is 10.6 Å². The highest BCUT2D eigenvalue weighted by Crippen LogP contribution is 2.30. The Labute approximate surface area is 123 Å². The van der Waals surface area contributed by atoms with Gasteiger partial charge in [0.15, 0.2) is 4.47 Å². The molecule has 0 spiro atoms. The van der Waals surface area contributed by atoms with Crippen LogP contribution in [0.2, 0.25) is 4.47 Å². The number of nitrogens with zero attached hydrogens (tertiary/aromatic N) is 2. The fourth-order valence-electron chi connectivity index (χ4n) is 1.49. The number of aromatic nitrogens is 1. The van der Waals surface area contributed by atoms with Gasteiger partial charge in [-0.2, -0.15) is 0 Å². The summed E-state index contributed by atoms with van der Waals surface area (Å²) in [6, 6.07) is 5.12. The Hall–Kier alpha value is -1.31. The lowest BCUT2D eigenvalue weighted by Crippen LogP contribution is -2.01. The molecular weight excluding hydrogens is 306 g/mol. The van der Waals surface area contributed by atoms with Gasteiger partial charge in [0.25, 0.3) is 5.69 Å². The zero-order chi connectivity index (χ0) is 13.8. The van der Waals surface area contributed by atoms with Gasteiger partial charge in [0, 0.05) is 22.0 Å². The maximum atomic E-state index is 11.0. The monoisotopic (exact) mass is 315 g/mol. The molecule has 1 N–H and O–H groups in total. The molecule has 2 rings (SSSR count). The van der Waals surface area contributed by atoms with Gasteiger partial charge < -0.3 is 5.32 Å². The van der Waals surface area contributed by atoms with Crippen LogP contribution >= 0.6 is 34.7 Å². The summed E-state index contributed by atoms with van der Waals surface area (Å²) >= 11 is 8.55. The fourth-order valence-corrected chi connectivity index (χ4v) is 2.84. The average Bonchev–Trinajstić information content (AvgIpc) is 2.82. The van der Waals surface area contributed by atoms with Crippen LogP contribution in [-0.4, -0.2) is 16.2 Å². The number of nitro groups is 1. The fraction of sp³-hybridized carbons (Fsp3) is 0.182. The normalized spacial score (nSPS) is 10.4. The van der Waals surface area contributed by atoms with Gasteiger partial charge in [0.1, 0.15) is 5.69 Å². The SMILES string of the molecule is CSc1ccc(NCc2cnc(Cl)s2)c([N+](=O)[O-])c1. The molecule has 0 saturated heterocycles. The van der Waals surface area contributed by atoms with Crippen molar-refractivity contribution in [1.82, 2.24) is 4.98 Å². The van der Waals surface area contributed by atoms with E-state index in [1.807, 2.05) is 12.3 Å². The van der Waals surface area contributed by atoms with Gasteiger partial charge >= 0.3 is 0 Å². The van der Waals surface area contributed by atoms with Gasteiger partial charge in [0.2, 0.25) is 0 Å². The molecular formula is C11H10ClN3O2S2. The number of hydrogen-bond donors (Lipinski definition) is 1. The van der Waals surface area contributed by atoms with Crippen LogP contribution in [0.1, 0.15) is 4.88 Å². The first-order chi connectivity index (χ1) is 9.10. The molecule has 1 aromatic heterocycles. The average molecular weight is 316 g/mol. The van der Waals surface area contributed by atoms with Gasteiger partial charge in [-0.1, -0.05) is 11.6 Å². The Bertz CT molecular complexity index is 603. The van der Waals surface area contributed by atoms with Crippen LogP contribution in [0.4, 0.5) is 11.4 Å². The summed E-state index contributed by atoms with van der Waals surface area (Å²) in [7, 11) is 0. The van der Waals surface area contributed by atoms with Crippen molar-refractivity contribution in [2.24, 2.45) is 0 Å². The third-order valence-electron chi connectivity index (χ3n) is 2.38. The lowest BCUT2D eigenvalue weighted by molar-refractivity contribution is -0.384. The Kier molecular flexibility index (Phi) is 4.62. The van der Waals surface area contributed by atoms with Gasteiger partial charge in [0.05, 0.1) is 11.5 Å². The minimum Gasteiger partial charge on any atom is -0.375 e. The van der Waals surface area contributed by atoms with Crippen molar-refractivity contribution in [2.45, 2.75) is 11.4 Å². The minimum absolute atomic E-state index is 0.0717. The van der Waals surface area contributed by atoms with Gasteiger partial charge in [-0.05, 0) is 18.4 Å². The molecule has 0 fully saturated rings. The highest BCUT2D eigenvalue weighted by Gasteiger charge is 2.14. The molecule has 0 aliphatic carbocycles. The molecule has 0 unspecified atom stereocenters. The van der Waals surface area contributed by atoms with Crippen molar-refractivity contribution in [3.05, 3.63) is 43.9 Å². The number of anilines is 1. The summed E-state index contributed by atoms with van der Waals surface area (Å²) < 4.78 is 0.462. The molecule has 0 radical (unpaired) electrons. The van der Waals surface area contributed by atoms with E-state index in [2.05, 4.69) is 10.3 Å².